The van der Waals surface area contributed by atoms with Crippen LogP contribution in [0.25, 0.3) is 11.3 Å². The van der Waals surface area contributed by atoms with Gasteiger partial charge < -0.3 is 9.84 Å². The minimum Gasteiger partial charge on any atom is -0.459 e. The molecule has 0 saturated heterocycles. The van der Waals surface area contributed by atoms with Gasteiger partial charge >= 0.3 is 0 Å². The lowest BCUT2D eigenvalue weighted by atomic mass is 10.2. The molecule has 8 heteroatoms. The van der Waals surface area contributed by atoms with E-state index in [1.165, 1.54) is 0 Å². The summed E-state index contributed by atoms with van der Waals surface area (Å²) in [5, 5.41) is 8.21. The summed E-state index contributed by atoms with van der Waals surface area (Å²) in [5.74, 6) is 2.29. The topological polar surface area (TPSA) is 58.8 Å². The Kier molecular flexibility index (Phi) is 5.28. The van der Waals surface area contributed by atoms with Crippen molar-refractivity contribution >= 4 is 35.4 Å². The van der Waals surface area contributed by atoms with Crippen LogP contribution < -0.4 is 5.43 Å². The van der Waals surface area contributed by atoms with Crippen molar-refractivity contribution in [1.82, 2.24) is 14.9 Å². The Hall–Kier alpha value is -1.76. The van der Waals surface area contributed by atoms with Crippen LogP contribution in [-0.4, -0.2) is 14.9 Å². The van der Waals surface area contributed by atoms with E-state index in [2.05, 4.69) is 22.5 Å². The van der Waals surface area contributed by atoms with Gasteiger partial charge in [-0.15, -0.1) is 0 Å². The summed E-state index contributed by atoms with van der Waals surface area (Å²) in [4.78, 5) is 0. The molecule has 0 spiro atoms. The van der Waals surface area contributed by atoms with E-state index >= 15 is 0 Å². The zero-order chi connectivity index (χ0) is 17.1. The molecule has 0 aliphatic rings. The lowest BCUT2D eigenvalue weighted by molar-refractivity contribution is 0.520. The van der Waals surface area contributed by atoms with Crippen molar-refractivity contribution in [2.45, 2.75) is 26.3 Å². The second kappa shape index (κ2) is 7.42. The standard InChI is InChI=1S/C16H16Cl2N4OS/c1-2-3-15-20-21-16(24)22(15)19-9-11-5-7-14(23-11)12-8-10(17)4-6-13(12)18/h4-8,19H,2-3,9H2,1H3,(H,21,24). The molecule has 0 atom stereocenters. The maximum atomic E-state index is 6.21. The van der Waals surface area contributed by atoms with Crippen LogP contribution in [0.2, 0.25) is 10.0 Å². The van der Waals surface area contributed by atoms with E-state index in [0.717, 1.165) is 30.0 Å². The summed E-state index contributed by atoms with van der Waals surface area (Å²) in [6.07, 6.45) is 1.82. The number of rotatable bonds is 6. The third-order valence-electron chi connectivity index (χ3n) is 3.48. The SMILES string of the molecule is CCCc1n[nH]c(=S)n1NCc1ccc(-c2cc(Cl)ccc2Cl)o1. The van der Waals surface area contributed by atoms with Gasteiger partial charge in [0.25, 0.3) is 0 Å². The number of nitrogens with zero attached hydrogens (tertiary/aromatic N) is 2. The fourth-order valence-corrected chi connectivity index (χ4v) is 2.94. The van der Waals surface area contributed by atoms with Crippen LogP contribution in [0.3, 0.4) is 0 Å². The molecule has 0 aliphatic heterocycles. The Balaban J connectivity index is 1.76. The van der Waals surface area contributed by atoms with Gasteiger partial charge in [0.05, 0.1) is 11.6 Å². The van der Waals surface area contributed by atoms with Crippen molar-refractivity contribution in [3.8, 4) is 11.3 Å². The van der Waals surface area contributed by atoms with Crippen molar-refractivity contribution in [2.75, 3.05) is 5.43 Å². The molecule has 126 valence electrons. The fraction of sp³-hybridized carbons (Fsp3) is 0.250. The normalized spacial score (nSPS) is 11.0. The molecule has 0 amide bonds. The summed E-state index contributed by atoms with van der Waals surface area (Å²) >= 11 is 17.5. The van der Waals surface area contributed by atoms with E-state index < -0.39 is 0 Å². The van der Waals surface area contributed by atoms with E-state index in [9.17, 15) is 0 Å². The molecule has 1 aromatic carbocycles. The highest BCUT2D eigenvalue weighted by atomic mass is 35.5. The number of aromatic nitrogens is 3. The van der Waals surface area contributed by atoms with Crippen LogP contribution in [0.1, 0.15) is 24.9 Å². The van der Waals surface area contributed by atoms with Crippen molar-refractivity contribution < 1.29 is 4.42 Å². The molecular formula is C16H16Cl2N4OS. The van der Waals surface area contributed by atoms with Gasteiger partial charge in [0.1, 0.15) is 11.5 Å². The Labute approximate surface area is 154 Å². The number of hydrogen-bond acceptors (Lipinski definition) is 4. The van der Waals surface area contributed by atoms with Crippen molar-refractivity contribution in [3.05, 3.63) is 56.7 Å². The number of H-pyrrole nitrogens is 1. The van der Waals surface area contributed by atoms with Gasteiger partial charge in [0.15, 0.2) is 5.82 Å². The minimum absolute atomic E-state index is 0.475. The summed E-state index contributed by atoms with van der Waals surface area (Å²) in [7, 11) is 0. The average Bonchev–Trinajstić information content (AvgIpc) is 3.16. The second-order valence-corrected chi connectivity index (χ2v) is 6.49. The lowest BCUT2D eigenvalue weighted by Gasteiger charge is -2.08. The van der Waals surface area contributed by atoms with Gasteiger partial charge in [-0.25, -0.2) is 4.68 Å². The highest BCUT2D eigenvalue weighted by Crippen LogP contribution is 2.31. The molecule has 3 rings (SSSR count). The van der Waals surface area contributed by atoms with Crippen molar-refractivity contribution in [3.63, 3.8) is 0 Å². The highest BCUT2D eigenvalue weighted by molar-refractivity contribution is 7.71. The van der Waals surface area contributed by atoms with E-state index in [4.69, 9.17) is 39.8 Å². The molecular weight excluding hydrogens is 367 g/mol. The Morgan fingerprint density at radius 2 is 2.12 bits per heavy atom. The van der Waals surface area contributed by atoms with E-state index in [0.29, 0.717) is 27.1 Å². The monoisotopic (exact) mass is 382 g/mol. The van der Waals surface area contributed by atoms with E-state index in [1.807, 2.05) is 12.1 Å². The molecule has 0 radical (unpaired) electrons. The van der Waals surface area contributed by atoms with E-state index in [1.54, 1.807) is 22.9 Å². The Morgan fingerprint density at radius 3 is 2.92 bits per heavy atom. The molecule has 24 heavy (non-hydrogen) atoms. The molecule has 2 heterocycles. The summed E-state index contributed by atoms with van der Waals surface area (Å²) < 4.78 is 8.16. The lowest BCUT2D eigenvalue weighted by Crippen LogP contribution is -2.17. The smallest absolute Gasteiger partial charge is 0.214 e. The third-order valence-corrected chi connectivity index (χ3v) is 4.32. The maximum Gasteiger partial charge on any atom is 0.214 e. The summed E-state index contributed by atoms with van der Waals surface area (Å²) in [6.45, 7) is 2.57. The number of aryl methyl sites for hydroxylation is 1. The first-order valence-electron chi connectivity index (χ1n) is 7.52. The van der Waals surface area contributed by atoms with E-state index in [-0.39, 0.29) is 0 Å². The summed E-state index contributed by atoms with van der Waals surface area (Å²) in [6, 6.07) is 9.04. The van der Waals surface area contributed by atoms with Crippen LogP contribution >= 0.6 is 35.4 Å². The van der Waals surface area contributed by atoms with Crippen LogP contribution in [0.5, 0.6) is 0 Å². The largest absolute Gasteiger partial charge is 0.459 e. The first kappa shape index (κ1) is 17.1. The number of benzene rings is 1. The van der Waals surface area contributed by atoms with Gasteiger partial charge in [-0.3, -0.25) is 5.10 Å². The molecule has 2 N–H and O–H groups in total. The van der Waals surface area contributed by atoms with Crippen LogP contribution in [0, 0.1) is 4.77 Å². The first-order valence-corrected chi connectivity index (χ1v) is 8.69. The van der Waals surface area contributed by atoms with Gasteiger partial charge in [-0.05, 0) is 49.0 Å². The third kappa shape index (κ3) is 3.66. The Morgan fingerprint density at radius 1 is 1.29 bits per heavy atom. The molecule has 0 fully saturated rings. The second-order valence-electron chi connectivity index (χ2n) is 5.26. The zero-order valence-corrected chi connectivity index (χ0v) is 15.3. The number of nitrogens with one attached hydrogen (secondary N) is 2. The molecule has 5 nitrogen and oxygen atoms in total. The first-order chi connectivity index (χ1) is 11.6. The predicted molar refractivity (Wildman–Crippen MR) is 98.6 cm³/mol. The maximum absolute atomic E-state index is 6.21. The molecule has 0 bridgehead atoms. The molecule has 3 aromatic rings. The number of halogens is 2. The number of aromatic amines is 1. The molecule has 0 aliphatic carbocycles. The molecule has 0 unspecified atom stereocenters. The van der Waals surface area contributed by atoms with Gasteiger partial charge in [-0.2, -0.15) is 5.10 Å². The minimum atomic E-state index is 0.475. The van der Waals surface area contributed by atoms with Crippen LogP contribution in [0.15, 0.2) is 34.7 Å². The Bertz CT molecular complexity index is 900. The number of furan rings is 1. The average molecular weight is 383 g/mol. The van der Waals surface area contributed by atoms with Crippen LogP contribution in [0.4, 0.5) is 0 Å². The van der Waals surface area contributed by atoms with Gasteiger partial charge in [-0.1, -0.05) is 30.1 Å². The molecule has 0 saturated carbocycles. The number of hydrogen-bond donors (Lipinski definition) is 2. The fourth-order valence-electron chi connectivity index (χ4n) is 2.34. The van der Waals surface area contributed by atoms with Crippen LogP contribution in [-0.2, 0) is 13.0 Å². The van der Waals surface area contributed by atoms with Gasteiger partial charge in [0.2, 0.25) is 4.77 Å². The van der Waals surface area contributed by atoms with Gasteiger partial charge in [0, 0.05) is 17.0 Å². The predicted octanol–water partition coefficient (Wildman–Crippen LogP) is 5.20. The molecule has 2 aromatic heterocycles. The zero-order valence-electron chi connectivity index (χ0n) is 13.0. The van der Waals surface area contributed by atoms with Crippen molar-refractivity contribution in [2.24, 2.45) is 0 Å². The quantitative estimate of drug-likeness (QED) is 0.574. The highest BCUT2D eigenvalue weighted by Gasteiger charge is 2.10. The van der Waals surface area contributed by atoms with Crippen molar-refractivity contribution in [1.29, 1.82) is 0 Å². The summed E-state index contributed by atoms with van der Waals surface area (Å²) in [5.41, 5.74) is 3.99.